The first kappa shape index (κ1) is 15.4. The number of aryl methyl sites for hydroxylation is 3. The molecule has 2 aromatic rings. The van der Waals surface area contributed by atoms with Gasteiger partial charge in [-0.15, -0.1) is 11.3 Å². The predicted molar refractivity (Wildman–Crippen MR) is 89.7 cm³/mol. The molecule has 1 aliphatic rings. The van der Waals surface area contributed by atoms with Crippen molar-refractivity contribution >= 4 is 29.5 Å². The maximum Gasteiger partial charge on any atom is 0.228 e. The molecule has 0 aliphatic carbocycles. The van der Waals surface area contributed by atoms with Crippen molar-refractivity contribution in [1.82, 2.24) is 20.1 Å². The zero-order valence-electron chi connectivity index (χ0n) is 13.0. The van der Waals surface area contributed by atoms with Crippen LogP contribution in [0.2, 0.25) is 0 Å². The number of hydrogen-bond donors (Lipinski definition) is 2. The van der Waals surface area contributed by atoms with Gasteiger partial charge in [-0.1, -0.05) is 0 Å². The monoisotopic (exact) mass is 336 g/mol. The van der Waals surface area contributed by atoms with Crippen LogP contribution in [0.4, 0.5) is 0 Å². The smallest absolute Gasteiger partial charge is 0.228 e. The molecule has 1 amide bonds. The number of thiazole rings is 1. The number of hydrogen-bond acceptors (Lipinski definition) is 4. The Morgan fingerprint density at radius 2 is 2.18 bits per heavy atom. The van der Waals surface area contributed by atoms with Crippen LogP contribution in [0.3, 0.4) is 0 Å². The highest BCUT2D eigenvalue weighted by Crippen LogP contribution is 2.35. The highest BCUT2D eigenvalue weighted by Gasteiger charge is 2.33. The molecule has 2 N–H and O–H groups in total. The molecular weight excluding hydrogens is 316 g/mol. The average molecular weight is 336 g/mol. The van der Waals surface area contributed by atoms with Gasteiger partial charge in [-0.25, -0.2) is 0 Å². The molecule has 0 bridgehead atoms. The second-order valence-electron chi connectivity index (χ2n) is 5.83. The van der Waals surface area contributed by atoms with E-state index in [-0.39, 0.29) is 11.9 Å². The van der Waals surface area contributed by atoms with E-state index in [1.807, 2.05) is 25.7 Å². The van der Waals surface area contributed by atoms with Gasteiger partial charge in [0.05, 0.1) is 18.2 Å². The Bertz CT molecular complexity index is 738. The minimum Gasteiger partial charge on any atom is -0.341 e. The normalized spacial score (nSPS) is 18.1. The summed E-state index contributed by atoms with van der Waals surface area (Å²) in [6.45, 7) is 6.82. The standard InChI is InChI=1S/C15H20N4OS2/c1-8-12(22-15(21)16-8)7-13(20)19-6-4-5-11(19)14-9(2)17-18-10(14)3/h11H,4-7H2,1-3H3,(H,16,21)(H,17,18)/t11-/m0/s1. The number of carbonyl (C=O) groups excluding carboxylic acids is 1. The lowest BCUT2D eigenvalue weighted by atomic mass is 10.0. The number of likely N-dealkylation sites (tertiary alicyclic amines) is 1. The maximum absolute atomic E-state index is 12.8. The first-order valence-electron chi connectivity index (χ1n) is 7.47. The predicted octanol–water partition coefficient (Wildman–Crippen LogP) is 3.36. The Labute approximate surface area is 138 Å². The van der Waals surface area contributed by atoms with E-state index in [1.54, 1.807) is 0 Å². The number of aromatic amines is 2. The lowest BCUT2D eigenvalue weighted by molar-refractivity contribution is -0.131. The Kier molecular flexibility index (Phi) is 4.18. The maximum atomic E-state index is 12.8. The van der Waals surface area contributed by atoms with Crippen molar-refractivity contribution in [3.8, 4) is 0 Å². The van der Waals surface area contributed by atoms with E-state index in [4.69, 9.17) is 12.2 Å². The van der Waals surface area contributed by atoms with Crippen molar-refractivity contribution < 1.29 is 4.79 Å². The van der Waals surface area contributed by atoms with Crippen molar-refractivity contribution in [2.75, 3.05) is 6.54 Å². The number of nitrogens with zero attached hydrogens (tertiary/aromatic N) is 2. The van der Waals surface area contributed by atoms with Gasteiger partial charge in [0.25, 0.3) is 0 Å². The largest absolute Gasteiger partial charge is 0.341 e. The lowest BCUT2D eigenvalue weighted by Crippen LogP contribution is -2.32. The van der Waals surface area contributed by atoms with Crippen LogP contribution in [0.15, 0.2) is 0 Å². The van der Waals surface area contributed by atoms with Gasteiger partial charge >= 0.3 is 0 Å². The number of H-pyrrole nitrogens is 2. The molecule has 0 spiro atoms. The third kappa shape index (κ3) is 2.75. The minimum absolute atomic E-state index is 0.151. The molecule has 1 fully saturated rings. The SMILES string of the molecule is Cc1n[nH]c(C)c1[C@@H]1CCCN1C(=O)Cc1sc(=S)[nH]c1C. The summed E-state index contributed by atoms with van der Waals surface area (Å²) >= 11 is 6.66. The van der Waals surface area contributed by atoms with Crippen LogP contribution in [0.5, 0.6) is 0 Å². The zero-order chi connectivity index (χ0) is 15.9. The average Bonchev–Trinajstić information content (AvgIpc) is 3.11. The molecule has 0 unspecified atom stereocenters. The van der Waals surface area contributed by atoms with Gasteiger partial charge in [0.2, 0.25) is 5.91 Å². The number of nitrogens with one attached hydrogen (secondary N) is 2. The summed E-state index contributed by atoms with van der Waals surface area (Å²) < 4.78 is 0.736. The van der Waals surface area contributed by atoms with Crippen LogP contribution in [0.25, 0.3) is 0 Å². The third-order valence-electron chi connectivity index (χ3n) is 4.33. The molecule has 0 radical (unpaired) electrons. The molecule has 1 aliphatic heterocycles. The Hall–Kier alpha value is -1.47. The van der Waals surface area contributed by atoms with Gasteiger partial charge < -0.3 is 9.88 Å². The molecule has 1 saturated heterocycles. The van der Waals surface area contributed by atoms with Crippen molar-refractivity contribution in [2.45, 2.75) is 46.1 Å². The van der Waals surface area contributed by atoms with Crippen molar-refractivity contribution in [1.29, 1.82) is 0 Å². The van der Waals surface area contributed by atoms with Crippen molar-refractivity contribution in [3.05, 3.63) is 31.5 Å². The second-order valence-corrected chi connectivity index (χ2v) is 7.60. The Morgan fingerprint density at radius 3 is 2.77 bits per heavy atom. The van der Waals surface area contributed by atoms with Crippen LogP contribution in [-0.4, -0.2) is 32.5 Å². The van der Waals surface area contributed by atoms with E-state index in [1.165, 1.54) is 16.9 Å². The summed E-state index contributed by atoms with van der Waals surface area (Å²) in [6.07, 6.45) is 2.48. The van der Waals surface area contributed by atoms with Gasteiger partial charge in [0.1, 0.15) is 0 Å². The fourth-order valence-corrected chi connectivity index (χ4v) is 4.54. The number of amides is 1. The molecule has 5 nitrogen and oxygen atoms in total. The fourth-order valence-electron chi connectivity index (χ4n) is 3.26. The van der Waals surface area contributed by atoms with Gasteiger partial charge in [0, 0.05) is 28.4 Å². The zero-order valence-corrected chi connectivity index (χ0v) is 14.7. The molecule has 2 aromatic heterocycles. The Balaban J connectivity index is 1.82. The Morgan fingerprint density at radius 1 is 1.41 bits per heavy atom. The van der Waals surface area contributed by atoms with Crippen LogP contribution in [0.1, 0.15) is 46.4 Å². The summed E-state index contributed by atoms with van der Waals surface area (Å²) in [7, 11) is 0. The van der Waals surface area contributed by atoms with Crippen LogP contribution in [-0.2, 0) is 11.2 Å². The van der Waals surface area contributed by atoms with E-state index < -0.39 is 0 Å². The molecule has 3 heterocycles. The fraction of sp³-hybridized carbons (Fsp3) is 0.533. The molecule has 1 atom stereocenters. The quantitative estimate of drug-likeness (QED) is 0.845. The molecular formula is C15H20N4OS2. The second kappa shape index (κ2) is 5.96. The number of carbonyl (C=O) groups is 1. The molecule has 0 saturated carbocycles. The van der Waals surface area contributed by atoms with Gasteiger partial charge in [-0.05, 0) is 45.8 Å². The summed E-state index contributed by atoms with van der Waals surface area (Å²) in [5.74, 6) is 0.177. The number of rotatable bonds is 3. The minimum atomic E-state index is 0.151. The first-order chi connectivity index (χ1) is 10.5. The van der Waals surface area contributed by atoms with E-state index in [9.17, 15) is 4.79 Å². The van der Waals surface area contributed by atoms with Crippen molar-refractivity contribution in [3.63, 3.8) is 0 Å². The molecule has 118 valence electrons. The van der Waals surface area contributed by atoms with E-state index in [0.717, 1.165) is 45.3 Å². The highest BCUT2D eigenvalue weighted by atomic mass is 32.1. The summed E-state index contributed by atoms with van der Waals surface area (Å²) in [5.41, 5.74) is 4.26. The third-order valence-corrected chi connectivity index (χ3v) is 5.66. The van der Waals surface area contributed by atoms with Crippen LogP contribution >= 0.6 is 23.6 Å². The van der Waals surface area contributed by atoms with Gasteiger partial charge in [-0.3, -0.25) is 9.89 Å². The topological polar surface area (TPSA) is 64.8 Å². The van der Waals surface area contributed by atoms with Crippen LogP contribution in [0, 0.1) is 24.7 Å². The highest BCUT2D eigenvalue weighted by molar-refractivity contribution is 7.73. The molecule has 0 aromatic carbocycles. The van der Waals surface area contributed by atoms with Gasteiger partial charge in [-0.2, -0.15) is 5.10 Å². The first-order valence-corrected chi connectivity index (χ1v) is 8.69. The van der Waals surface area contributed by atoms with E-state index >= 15 is 0 Å². The molecule has 22 heavy (non-hydrogen) atoms. The summed E-state index contributed by atoms with van der Waals surface area (Å²) in [5, 5.41) is 7.31. The van der Waals surface area contributed by atoms with Gasteiger partial charge in [0.15, 0.2) is 3.95 Å². The van der Waals surface area contributed by atoms with Crippen molar-refractivity contribution in [2.24, 2.45) is 0 Å². The van der Waals surface area contributed by atoms with E-state index in [2.05, 4.69) is 15.2 Å². The van der Waals surface area contributed by atoms with Crippen LogP contribution < -0.4 is 0 Å². The number of aromatic nitrogens is 3. The molecule has 7 heteroatoms. The molecule has 3 rings (SSSR count). The summed E-state index contributed by atoms with van der Waals surface area (Å²) in [4.78, 5) is 18.9. The van der Waals surface area contributed by atoms with E-state index in [0.29, 0.717) is 6.42 Å². The lowest BCUT2D eigenvalue weighted by Gasteiger charge is -2.25. The summed E-state index contributed by atoms with van der Waals surface area (Å²) in [6, 6.07) is 0.151.